The van der Waals surface area contributed by atoms with Gasteiger partial charge in [0.2, 0.25) is 5.91 Å². The molecular formula is C22H24ClN3O2. The molecule has 28 heavy (non-hydrogen) atoms. The van der Waals surface area contributed by atoms with E-state index in [1.807, 2.05) is 42.2 Å². The zero-order valence-corrected chi connectivity index (χ0v) is 17.0. The molecule has 0 saturated heterocycles. The summed E-state index contributed by atoms with van der Waals surface area (Å²) in [6, 6.07) is 11.3. The number of halogens is 1. The van der Waals surface area contributed by atoms with Crippen LogP contribution < -0.4 is 10.2 Å². The summed E-state index contributed by atoms with van der Waals surface area (Å²) in [4.78, 5) is 30.9. The number of hydrogen-bond donors (Lipinski definition) is 1. The molecule has 0 radical (unpaired) electrons. The van der Waals surface area contributed by atoms with Crippen molar-refractivity contribution < 1.29 is 9.59 Å². The molecule has 1 aliphatic carbocycles. The Kier molecular flexibility index (Phi) is 4.88. The van der Waals surface area contributed by atoms with E-state index in [9.17, 15) is 9.59 Å². The van der Waals surface area contributed by atoms with Crippen LogP contribution in [0.2, 0.25) is 0 Å². The first-order chi connectivity index (χ1) is 13.4. The lowest BCUT2D eigenvalue weighted by Crippen LogP contribution is -2.51. The molecule has 0 spiro atoms. The topological polar surface area (TPSA) is 62.3 Å². The van der Waals surface area contributed by atoms with Gasteiger partial charge in [0.15, 0.2) is 0 Å². The number of benzene rings is 1. The largest absolute Gasteiger partial charge is 0.363 e. The van der Waals surface area contributed by atoms with Crippen LogP contribution in [0.25, 0.3) is 0 Å². The van der Waals surface area contributed by atoms with E-state index in [1.165, 1.54) is 0 Å². The second-order valence-corrected chi connectivity index (χ2v) is 8.25. The van der Waals surface area contributed by atoms with E-state index in [0.717, 1.165) is 35.6 Å². The van der Waals surface area contributed by atoms with Gasteiger partial charge in [-0.2, -0.15) is 0 Å². The van der Waals surface area contributed by atoms with Crippen molar-refractivity contribution in [3.05, 3.63) is 53.2 Å². The van der Waals surface area contributed by atoms with E-state index in [4.69, 9.17) is 11.6 Å². The van der Waals surface area contributed by atoms with Gasteiger partial charge in [0, 0.05) is 35.8 Å². The average molecular weight is 398 g/mol. The van der Waals surface area contributed by atoms with Crippen molar-refractivity contribution in [2.24, 2.45) is 11.8 Å². The number of fused-ring (bicyclic) bond motifs is 1. The molecule has 3 unspecified atom stereocenters. The molecule has 1 saturated carbocycles. The van der Waals surface area contributed by atoms with Gasteiger partial charge in [0.25, 0.3) is 5.24 Å². The van der Waals surface area contributed by atoms with Crippen LogP contribution >= 0.6 is 11.6 Å². The third-order valence-electron chi connectivity index (χ3n) is 5.85. The number of pyridine rings is 1. The zero-order chi connectivity index (χ0) is 20.0. The molecule has 4 rings (SSSR count). The minimum atomic E-state index is -0.499. The Balaban J connectivity index is 1.83. The smallest absolute Gasteiger partial charge is 0.252 e. The number of nitrogens with one attached hydrogen (secondary N) is 1. The van der Waals surface area contributed by atoms with Gasteiger partial charge in [-0.25, -0.2) is 4.98 Å². The van der Waals surface area contributed by atoms with Gasteiger partial charge in [-0.15, -0.1) is 0 Å². The molecule has 1 amide bonds. The number of anilines is 2. The van der Waals surface area contributed by atoms with Crippen LogP contribution in [0.4, 0.5) is 11.5 Å². The summed E-state index contributed by atoms with van der Waals surface area (Å²) in [6.07, 6.45) is 2.28. The van der Waals surface area contributed by atoms with Crippen LogP contribution in [0.5, 0.6) is 0 Å². The Labute approximate surface area is 170 Å². The predicted octanol–water partition coefficient (Wildman–Crippen LogP) is 4.70. The molecule has 6 heteroatoms. The van der Waals surface area contributed by atoms with Crippen molar-refractivity contribution in [3.8, 4) is 0 Å². The highest BCUT2D eigenvalue weighted by Crippen LogP contribution is 2.50. The molecule has 1 aromatic carbocycles. The highest BCUT2D eigenvalue weighted by atomic mass is 35.5. The normalized spacial score (nSPS) is 23.9. The van der Waals surface area contributed by atoms with Gasteiger partial charge in [0.05, 0.1) is 6.04 Å². The molecule has 146 valence electrons. The fourth-order valence-electron chi connectivity index (χ4n) is 4.47. The number of rotatable bonds is 4. The molecule has 2 heterocycles. The fraction of sp³-hybridized carbons (Fsp3) is 0.409. The maximum Gasteiger partial charge on any atom is 0.252 e. The monoisotopic (exact) mass is 397 g/mol. The molecule has 1 N–H and O–H groups in total. The van der Waals surface area contributed by atoms with E-state index >= 15 is 0 Å². The maximum atomic E-state index is 12.6. The summed E-state index contributed by atoms with van der Waals surface area (Å²) >= 11 is 5.75. The van der Waals surface area contributed by atoms with Gasteiger partial charge < -0.3 is 10.2 Å². The highest BCUT2D eigenvalue weighted by molar-refractivity contribution is 6.67. The Bertz CT molecular complexity index is 941. The Morgan fingerprint density at radius 3 is 2.57 bits per heavy atom. The summed E-state index contributed by atoms with van der Waals surface area (Å²) in [5, 5.41) is 3.06. The second kappa shape index (κ2) is 7.21. The minimum Gasteiger partial charge on any atom is -0.363 e. The molecule has 1 aromatic heterocycles. The van der Waals surface area contributed by atoms with Gasteiger partial charge in [-0.05, 0) is 73.2 Å². The molecule has 0 bridgehead atoms. The lowest BCUT2D eigenvalue weighted by molar-refractivity contribution is -0.117. The number of aromatic nitrogens is 1. The second-order valence-electron chi connectivity index (χ2n) is 7.91. The van der Waals surface area contributed by atoms with Crippen molar-refractivity contribution in [2.75, 3.05) is 10.2 Å². The lowest BCUT2D eigenvalue weighted by Gasteiger charge is -2.46. The van der Waals surface area contributed by atoms with E-state index < -0.39 is 5.24 Å². The van der Waals surface area contributed by atoms with Gasteiger partial charge >= 0.3 is 0 Å². The maximum absolute atomic E-state index is 12.6. The molecule has 2 aliphatic rings. The van der Waals surface area contributed by atoms with Gasteiger partial charge in [-0.1, -0.05) is 13.0 Å². The lowest BCUT2D eigenvalue weighted by atomic mass is 9.79. The molecule has 3 atom stereocenters. The number of nitrogens with zero attached hydrogens (tertiary/aromatic N) is 2. The van der Waals surface area contributed by atoms with E-state index in [-0.39, 0.29) is 23.9 Å². The first-order valence-electron chi connectivity index (χ1n) is 9.70. The first kappa shape index (κ1) is 18.9. The quantitative estimate of drug-likeness (QED) is 0.759. The number of aryl methyl sites for hydroxylation is 1. The minimum absolute atomic E-state index is 0.0297. The Hall–Kier alpha value is -2.40. The summed E-state index contributed by atoms with van der Waals surface area (Å²) in [5.74, 6) is 1.49. The number of carbonyl (C=O) groups is 2. The standard InChI is InChI=1S/C22H24ClN3O2/c1-12-5-4-6-19(24-12)25-20-13(2)21(15-7-8-15)26(14(3)27)18-10-9-16(22(23)28)11-17(18)20/h4-6,9-11,13,15,20-21H,7-8H2,1-3H3,(H,24,25). The Morgan fingerprint density at radius 2 is 1.96 bits per heavy atom. The number of carbonyl (C=O) groups excluding carboxylic acids is 2. The third-order valence-corrected chi connectivity index (χ3v) is 6.07. The first-order valence-corrected chi connectivity index (χ1v) is 10.1. The molecule has 5 nitrogen and oxygen atoms in total. The Morgan fingerprint density at radius 1 is 1.21 bits per heavy atom. The summed E-state index contributed by atoms with van der Waals surface area (Å²) in [5.41, 5.74) is 3.14. The summed E-state index contributed by atoms with van der Waals surface area (Å²) < 4.78 is 0. The van der Waals surface area contributed by atoms with Gasteiger partial charge in [-0.3, -0.25) is 9.59 Å². The van der Waals surface area contributed by atoms with Crippen molar-refractivity contribution in [1.29, 1.82) is 0 Å². The zero-order valence-electron chi connectivity index (χ0n) is 16.3. The number of hydrogen-bond acceptors (Lipinski definition) is 4. The molecule has 1 aliphatic heterocycles. The van der Waals surface area contributed by atoms with Crippen LogP contribution in [0.15, 0.2) is 36.4 Å². The van der Waals surface area contributed by atoms with Crippen LogP contribution in [0.1, 0.15) is 54.3 Å². The highest BCUT2D eigenvalue weighted by Gasteiger charge is 2.47. The molecule has 1 fully saturated rings. The van der Waals surface area contributed by atoms with Crippen molar-refractivity contribution >= 4 is 34.3 Å². The summed E-state index contributed by atoms with van der Waals surface area (Å²) in [6.45, 7) is 5.74. The molecular weight excluding hydrogens is 374 g/mol. The van der Waals surface area contributed by atoms with Crippen LogP contribution in [0, 0.1) is 18.8 Å². The van der Waals surface area contributed by atoms with Crippen molar-refractivity contribution in [3.63, 3.8) is 0 Å². The van der Waals surface area contributed by atoms with Crippen LogP contribution in [-0.4, -0.2) is 22.2 Å². The molecule has 2 aromatic rings. The predicted molar refractivity (Wildman–Crippen MR) is 111 cm³/mol. The average Bonchev–Trinajstić information content (AvgIpc) is 3.47. The van der Waals surface area contributed by atoms with Crippen molar-refractivity contribution in [1.82, 2.24) is 4.98 Å². The van der Waals surface area contributed by atoms with Crippen molar-refractivity contribution in [2.45, 2.75) is 45.7 Å². The van der Waals surface area contributed by atoms with E-state index in [0.29, 0.717) is 11.5 Å². The van der Waals surface area contributed by atoms with E-state index in [1.54, 1.807) is 13.0 Å². The SMILES string of the molecule is CC(=O)N1c2ccc(C(=O)Cl)cc2C(Nc2cccc(C)n2)C(C)C1C1CC1. The fourth-order valence-corrected chi connectivity index (χ4v) is 4.59. The van der Waals surface area contributed by atoms with Crippen LogP contribution in [0.3, 0.4) is 0 Å². The van der Waals surface area contributed by atoms with Gasteiger partial charge in [0.1, 0.15) is 5.82 Å². The third kappa shape index (κ3) is 3.39. The number of amides is 1. The van der Waals surface area contributed by atoms with E-state index in [2.05, 4.69) is 17.2 Å². The van der Waals surface area contributed by atoms with Crippen LogP contribution in [-0.2, 0) is 4.79 Å². The summed E-state index contributed by atoms with van der Waals surface area (Å²) in [7, 11) is 0.